The van der Waals surface area contributed by atoms with E-state index in [-0.39, 0.29) is 29.8 Å². The molecular formula is C19H29N5O3. The Hall–Kier alpha value is -1.96. The van der Waals surface area contributed by atoms with Crippen LogP contribution in [-0.2, 0) is 16.9 Å². The molecule has 1 spiro atoms. The van der Waals surface area contributed by atoms with Gasteiger partial charge in [0.1, 0.15) is 12.1 Å². The highest BCUT2D eigenvalue weighted by Gasteiger charge is 2.56. The van der Waals surface area contributed by atoms with Crippen molar-refractivity contribution in [1.82, 2.24) is 20.4 Å². The first-order valence-electron chi connectivity index (χ1n) is 9.89. The molecule has 2 unspecified atom stereocenters. The molecule has 3 N–H and O–H groups in total. The van der Waals surface area contributed by atoms with Crippen molar-refractivity contribution in [2.75, 3.05) is 0 Å². The van der Waals surface area contributed by atoms with Crippen molar-refractivity contribution < 1.29 is 14.1 Å². The average molecular weight is 375 g/mol. The largest absolute Gasteiger partial charge is 0.337 e. The summed E-state index contributed by atoms with van der Waals surface area (Å²) < 4.78 is 5.32. The summed E-state index contributed by atoms with van der Waals surface area (Å²) in [5.74, 6) is 0.914. The van der Waals surface area contributed by atoms with Crippen LogP contribution in [0.3, 0.4) is 0 Å². The van der Waals surface area contributed by atoms with E-state index in [2.05, 4.69) is 36.2 Å². The lowest BCUT2D eigenvalue weighted by molar-refractivity contribution is -0.135. The molecule has 1 aromatic rings. The van der Waals surface area contributed by atoms with Gasteiger partial charge in [0.15, 0.2) is 5.82 Å². The molecule has 0 radical (unpaired) electrons. The van der Waals surface area contributed by atoms with Crippen molar-refractivity contribution in [3.8, 4) is 0 Å². The van der Waals surface area contributed by atoms with E-state index in [1.165, 1.54) is 4.90 Å². The summed E-state index contributed by atoms with van der Waals surface area (Å²) in [5, 5.41) is 6.99. The third-order valence-corrected chi connectivity index (χ3v) is 6.33. The van der Waals surface area contributed by atoms with Crippen LogP contribution in [0, 0.1) is 11.3 Å². The Labute approximate surface area is 159 Å². The number of nitrogens with two attached hydrogens (primary N) is 1. The van der Waals surface area contributed by atoms with Crippen molar-refractivity contribution in [3.63, 3.8) is 0 Å². The molecule has 27 heavy (non-hydrogen) atoms. The first-order valence-corrected chi connectivity index (χ1v) is 9.89. The second-order valence-electron chi connectivity index (χ2n) is 9.63. The number of nitrogens with one attached hydrogen (secondary N) is 1. The molecule has 1 aliphatic heterocycles. The van der Waals surface area contributed by atoms with Crippen molar-refractivity contribution >= 4 is 11.9 Å². The number of urea groups is 1. The lowest BCUT2D eigenvalue weighted by Crippen LogP contribution is -2.54. The Balaban J connectivity index is 1.53. The summed E-state index contributed by atoms with van der Waals surface area (Å²) in [7, 11) is 0. The number of hydrogen-bond acceptors (Lipinski definition) is 6. The van der Waals surface area contributed by atoms with Gasteiger partial charge in [-0.1, -0.05) is 38.8 Å². The predicted molar refractivity (Wildman–Crippen MR) is 97.2 cm³/mol. The highest BCUT2D eigenvalue weighted by atomic mass is 16.5. The lowest BCUT2D eigenvalue weighted by atomic mass is 9.64. The molecule has 3 aliphatic rings. The van der Waals surface area contributed by atoms with Gasteiger partial charge in [-0.05, 0) is 43.4 Å². The van der Waals surface area contributed by atoms with Gasteiger partial charge in [-0.2, -0.15) is 4.98 Å². The molecule has 148 valence electrons. The first kappa shape index (κ1) is 18.4. The SMILES string of the molecule is CC1CC(C)(C)CC2(C1)NC(=O)N(Cc1nc(C3(N)CCCC3)no1)C2=O. The number of rotatable bonds is 3. The van der Waals surface area contributed by atoms with Crippen molar-refractivity contribution in [3.05, 3.63) is 11.7 Å². The predicted octanol–water partition coefficient (Wildman–Crippen LogP) is 2.43. The zero-order valence-corrected chi connectivity index (χ0v) is 16.4. The standard InChI is InChI=1S/C19H29N5O3/c1-12-8-17(2,3)11-19(9-12)15(25)24(16(26)22-19)10-13-21-14(23-27-13)18(20)6-4-5-7-18/h12H,4-11,20H2,1-3H3,(H,22,26). The molecule has 8 heteroatoms. The third-order valence-electron chi connectivity index (χ3n) is 6.33. The van der Waals surface area contributed by atoms with Crippen molar-refractivity contribution in [2.45, 2.75) is 83.3 Å². The number of amides is 3. The molecule has 3 fully saturated rings. The molecular weight excluding hydrogens is 346 g/mol. The van der Waals surface area contributed by atoms with E-state index < -0.39 is 11.1 Å². The fraction of sp³-hybridized carbons (Fsp3) is 0.789. The van der Waals surface area contributed by atoms with E-state index in [9.17, 15) is 9.59 Å². The van der Waals surface area contributed by atoms with E-state index in [0.717, 1.165) is 32.1 Å². The molecule has 2 aliphatic carbocycles. The number of imide groups is 1. The summed E-state index contributed by atoms with van der Waals surface area (Å²) in [6.45, 7) is 6.43. The Kier molecular flexibility index (Phi) is 4.10. The summed E-state index contributed by atoms with van der Waals surface area (Å²) in [5.41, 5.74) is 5.00. The Morgan fingerprint density at radius 3 is 2.63 bits per heavy atom. The van der Waals surface area contributed by atoms with Crippen LogP contribution in [0.5, 0.6) is 0 Å². The molecule has 8 nitrogen and oxygen atoms in total. The maximum absolute atomic E-state index is 13.2. The van der Waals surface area contributed by atoms with Crippen LogP contribution in [0.1, 0.15) is 77.4 Å². The molecule has 0 aromatic carbocycles. The van der Waals surface area contributed by atoms with Crippen LogP contribution >= 0.6 is 0 Å². The summed E-state index contributed by atoms with van der Waals surface area (Å²) in [6.07, 6.45) is 6.10. The second-order valence-corrected chi connectivity index (χ2v) is 9.63. The average Bonchev–Trinajstić information content (AvgIpc) is 3.23. The monoisotopic (exact) mass is 375 g/mol. The van der Waals surface area contributed by atoms with E-state index in [4.69, 9.17) is 10.3 Å². The lowest BCUT2D eigenvalue weighted by Gasteiger charge is -2.43. The second kappa shape index (κ2) is 6.02. The molecule has 4 rings (SSSR count). The maximum atomic E-state index is 13.2. The van der Waals surface area contributed by atoms with Gasteiger partial charge in [-0.15, -0.1) is 0 Å². The minimum atomic E-state index is -0.818. The van der Waals surface area contributed by atoms with Gasteiger partial charge < -0.3 is 15.6 Å². The molecule has 3 amide bonds. The highest BCUT2D eigenvalue weighted by Crippen LogP contribution is 2.46. The number of nitrogens with zero attached hydrogens (tertiary/aromatic N) is 3. The number of carbonyl (C=O) groups excluding carboxylic acids is 2. The van der Waals surface area contributed by atoms with E-state index >= 15 is 0 Å². The summed E-state index contributed by atoms with van der Waals surface area (Å²) in [4.78, 5) is 31.4. The molecule has 1 aromatic heterocycles. The quantitative estimate of drug-likeness (QED) is 0.784. The van der Waals surface area contributed by atoms with E-state index in [1.54, 1.807) is 0 Å². The van der Waals surface area contributed by atoms with Gasteiger partial charge in [-0.3, -0.25) is 9.69 Å². The van der Waals surface area contributed by atoms with Gasteiger partial charge in [0, 0.05) is 0 Å². The highest BCUT2D eigenvalue weighted by molar-refractivity contribution is 6.07. The molecule has 2 heterocycles. The van der Waals surface area contributed by atoms with E-state index in [0.29, 0.717) is 24.6 Å². The van der Waals surface area contributed by atoms with Crippen LogP contribution in [0.2, 0.25) is 0 Å². The zero-order valence-electron chi connectivity index (χ0n) is 16.4. The Morgan fingerprint density at radius 1 is 1.26 bits per heavy atom. The maximum Gasteiger partial charge on any atom is 0.325 e. The van der Waals surface area contributed by atoms with Gasteiger partial charge in [0.25, 0.3) is 5.91 Å². The van der Waals surface area contributed by atoms with Gasteiger partial charge in [-0.25, -0.2) is 4.79 Å². The molecule has 2 saturated carbocycles. The Morgan fingerprint density at radius 2 is 1.96 bits per heavy atom. The van der Waals surface area contributed by atoms with Crippen LogP contribution < -0.4 is 11.1 Å². The fourth-order valence-corrected chi connectivity index (χ4v) is 5.54. The number of hydrogen-bond donors (Lipinski definition) is 2. The smallest absolute Gasteiger partial charge is 0.325 e. The van der Waals surface area contributed by atoms with Gasteiger partial charge >= 0.3 is 6.03 Å². The topological polar surface area (TPSA) is 114 Å². The van der Waals surface area contributed by atoms with Crippen LogP contribution in [0.15, 0.2) is 4.52 Å². The fourth-order valence-electron chi connectivity index (χ4n) is 5.54. The minimum Gasteiger partial charge on any atom is -0.337 e. The number of carbonyl (C=O) groups is 2. The van der Waals surface area contributed by atoms with E-state index in [1.807, 2.05) is 0 Å². The minimum absolute atomic E-state index is 0.00266. The summed E-state index contributed by atoms with van der Waals surface area (Å²) in [6, 6.07) is -0.382. The Bertz CT molecular complexity index is 767. The zero-order chi connectivity index (χ0) is 19.4. The summed E-state index contributed by atoms with van der Waals surface area (Å²) >= 11 is 0. The number of aromatic nitrogens is 2. The van der Waals surface area contributed by atoms with Gasteiger partial charge in [0.2, 0.25) is 5.89 Å². The van der Waals surface area contributed by atoms with Crippen molar-refractivity contribution in [1.29, 1.82) is 0 Å². The normalized spacial score (nSPS) is 32.3. The molecule has 2 atom stereocenters. The molecule has 1 saturated heterocycles. The van der Waals surface area contributed by atoms with Crippen LogP contribution in [0.4, 0.5) is 4.79 Å². The van der Waals surface area contributed by atoms with Gasteiger partial charge in [0.05, 0.1) is 5.54 Å². The van der Waals surface area contributed by atoms with Crippen molar-refractivity contribution in [2.24, 2.45) is 17.1 Å². The first-order chi connectivity index (χ1) is 12.6. The van der Waals surface area contributed by atoms with Crippen LogP contribution in [0.25, 0.3) is 0 Å². The third kappa shape index (κ3) is 3.13. The molecule has 0 bridgehead atoms. The van der Waals surface area contributed by atoms with Crippen LogP contribution in [-0.4, -0.2) is 32.5 Å².